The lowest BCUT2D eigenvalue weighted by Gasteiger charge is -2.08. The quantitative estimate of drug-likeness (QED) is 0.313. The van der Waals surface area contributed by atoms with Gasteiger partial charge in [-0.15, -0.1) is 0 Å². The average molecular weight is 445 g/mol. The van der Waals surface area contributed by atoms with Gasteiger partial charge in [0.2, 0.25) is 0 Å². The Morgan fingerprint density at radius 3 is 2.28 bits per heavy atom. The Balaban J connectivity index is 1.78. The third-order valence-electron chi connectivity index (χ3n) is 4.83. The van der Waals surface area contributed by atoms with Crippen LogP contribution in [0.3, 0.4) is 0 Å². The van der Waals surface area contributed by atoms with Gasteiger partial charge in [-0.3, -0.25) is 0 Å². The van der Waals surface area contributed by atoms with Crippen molar-refractivity contribution < 1.29 is 8.83 Å². The van der Waals surface area contributed by atoms with E-state index in [1.165, 1.54) is 6.07 Å². The molecule has 0 N–H and O–H groups in total. The van der Waals surface area contributed by atoms with Crippen LogP contribution >= 0.6 is 15.9 Å². The van der Waals surface area contributed by atoms with E-state index in [1.54, 1.807) is 18.2 Å². The Hall–Kier alpha value is -3.44. The van der Waals surface area contributed by atoms with Gasteiger partial charge in [-0.05, 0) is 53.1 Å². The molecule has 0 saturated carbocycles. The minimum atomic E-state index is -0.419. The lowest BCUT2D eigenvalue weighted by Crippen LogP contribution is -2.03. The molecular weight excluding hydrogens is 432 g/mol. The Morgan fingerprint density at radius 1 is 0.655 bits per heavy atom. The molecule has 0 unspecified atom stereocenters. The van der Waals surface area contributed by atoms with Crippen molar-refractivity contribution in [2.75, 3.05) is 0 Å². The molecular formula is C24H13BrO4. The van der Waals surface area contributed by atoms with Gasteiger partial charge >= 0.3 is 11.3 Å². The number of halogens is 1. The van der Waals surface area contributed by atoms with Gasteiger partial charge in [0.25, 0.3) is 0 Å². The van der Waals surface area contributed by atoms with Crippen LogP contribution < -0.4 is 11.3 Å². The van der Waals surface area contributed by atoms with Crippen molar-refractivity contribution in [1.29, 1.82) is 0 Å². The van der Waals surface area contributed by atoms with E-state index in [0.717, 1.165) is 26.4 Å². The minimum absolute atomic E-state index is 0.417. The predicted octanol–water partition coefficient (Wildman–Crippen LogP) is 6.00. The van der Waals surface area contributed by atoms with E-state index in [4.69, 9.17) is 8.83 Å². The number of hydrogen-bond acceptors (Lipinski definition) is 4. The molecule has 0 saturated heterocycles. The summed E-state index contributed by atoms with van der Waals surface area (Å²) in [6.45, 7) is 0. The Labute approximate surface area is 173 Å². The number of benzene rings is 3. The average Bonchev–Trinajstić information content (AvgIpc) is 2.73. The van der Waals surface area contributed by atoms with Gasteiger partial charge in [0.15, 0.2) is 0 Å². The highest BCUT2D eigenvalue weighted by Crippen LogP contribution is 2.31. The lowest BCUT2D eigenvalue weighted by molar-refractivity contribution is 0.561. The molecule has 140 valence electrons. The third-order valence-corrected chi connectivity index (χ3v) is 5.33. The molecule has 0 fully saturated rings. The van der Waals surface area contributed by atoms with Crippen molar-refractivity contribution in [3.8, 4) is 22.3 Å². The van der Waals surface area contributed by atoms with E-state index < -0.39 is 11.3 Å². The van der Waals surface area contributed by atoms with Gasteiger partial charge in [0.1, 0.15) is 11.2 Å². The van der Waals surface area contributed by atoms with Crippen molar-refractivity contribution in [3.63, 3.8) is 0 Å². The highest BCUT2D eigenvalue weighted by Gasteiger charge is 2.13. The van der Waals surface area contributed by atoms with E-state index >= 15 is 0 Å². The summed E-state index contributed by atoms with van der Waals surface area (Å²) >= 11 is 3.44. The van der Waals surface area contributed by atoms with Crippen molar-refractivity contribution in [2.24, 2.45) is 0 Å². The summed E-state index contributed by atoms with van der Waals surface area (Å²) < 4.78 is 11.8. The highest BCUT2D eigenvalue weighted by molar-refractivity contribution is 9.10. The molecule has 29 heavy (non-hydrogen) atoms. The first-order valence-electron chi connectivity index (χ1n) is 8.96. The van der Waals surface area contributed by atoms with Crippen molar-refractivity contribution in [3.05, 3.63) is 104 Å². The number of hydrogen-bond donors (Lipinski definition) is 0. The lowest BCUT2D eigenvalue weighted by atomic mass is 9.98. The maximum Gasteiger partial charge on any atom is 0.344 e. The molecule has 0 aliphatic rings. The van der Waals surface area contributed by atoms with Crippen LogP contribution in [0.15, 0.2) is 102 Å². The molecule has 0 amide bonds. The van der Waals surface area contributed by atoms with E-state index in [1.807, 2.05) is 54.6 Å². The number of rotatable bonds is 2. The van der Waals surface area contributed by atoms with Crippen LogP contribution in [0.25, 0.3) is 44.2 Å². The fourth-order valence-electron chi connectivity index (χ4n) is 3.48. The second-order valence-corrected chi connectivity index (χ2v) is 7.60. The summed E-state index contributed by atoms with van der Waals surface area (Å²) in [5, 5.41) is 1.57. The largest absolute Gasteiger partial charge is 0.423 e. The third kappa shape index (κ3) is 3.19. The molecule has 0 radical (unpaired) electrons. The summed E-state index contributed by atoms with van der Waals surface area (Å²) in [4.78, 5) is 24.6. The fourth-order valence-corrected chi connectivity index (χ4v) is 3.86. The summed E-state index contributed by atoms with van der Waals surface area (Å²) in [6, 6.07) is 23.7. The Kier molecular flexibility index (Phi) is 4.18. The molecule has 0 spiro atoms. The zero-order valence-corrected chi connectivity index (χ0v) is 16.6. The van der Waals surface area contributed by atoms with Crippen LogP contribution in [0, 0.1) is 0 Å². The maximum atomic E-state index is 12.6. The van der Waals surface area contributed by atoms with Crippen LogP contribution in [0.1, 0.15) is 0 Å². The van der Waals surface area contributed by atoms with Crippen LogP contribution in [-0.4, -0.2) is 0 Å². The molecule has 0 atom stereocenters. The van der Waals surface area contributed by atoms with Gasteiger partial charge in [0, 0.05) is 21.3 Å². The topological polar surface area (TPSA) is 60.4 Å². The first-order chi connectivity index (χ1) is 14.1. The fraction of sp³-hybridized carbons (Fsp3) is 0. The Morgan fingerprint density at radius 2 is 1.45 bits per heavy atom. The second-order valence-electron chi connectivity index (χ2n) is 6.69. The van der Waals surface area contributed by atoms with Gasteiger partial charge in [-0.25, -0.2) is 9.59 Å². The predicted molar refractivity (Wildman–Crippen MR) is 117 cm³/mol. The first kappa shape index (κ1) is 17.6. The van der Waals surface area contributed by atoms with Crippen molar-refractivity contribution in [2.45, 2.75) is 0 Å². The number of fused-ring (bicyclic) bond motifs is 2. The molecule has 5 rings (SSSR count). The van der Waals surface area contributed by atoms with Gasteiger partial charge in [-0.2, -0.15) is 0 Å². The second kappa shape index (κ2) is 6.87. The SMILES string of the molecule is O=c1cc(-c2ccccc2)c2cc(-c3cc4cc(Br)ccc4oc3=O)ccc2o1. The summed E-state index contributed by atoms with van der Waals surface area (Å²) in [5.41, 5.74) is 2.95. The van der Waals surface area contributed by atoms with Crippen molar-refractivity contribution >= 4 is 37.9 Å². The zero-order valence-electron chi connectivity index (χ0n) is 15.0. The molecule has 5 heteroatoms. The monoisotopic (exact) mass is 444 g/mol. The molecule has 2 heterocycles. The highest BCUT2D eigenvalue weighted by atomic mass is 79.9. The minimum Gasteiger partial charge on any atom is -0.423 e. The molecule has 0 aliphatic carbocycles. The van der Waals surface area contributed by atoms with Crippen molar-refractivity contribution in [1.82, 2.24) is 0 Å². The standard InChI is InChI=1S/C24H13BrO4/c25-17-7-9-21-16(10-17)12-19(24(27)29-21)15-6-8-22-20(11-15)18(13-23(26)28-22)14-4-2-1-3-5-14/h1-13H. The van der Waals surface area contributed by atoms with Crippen LogP contribution in [0.5, 0.6) is 0 Å². The maximum absolute atomic E-state index is 12.6. The van der Waals surface area contributed by atoms with Gasteiger partial charge in [0.05, 0.1) is 5.56 Å². The molecule has 5 aromatic rings. The first-order valence-corrected chi connectivity index (χ1v) is 9.75. The summed E-state index contributed by atoms with van der Waals surface area (Å²) in [7, 11) is 0. The summed E-state index contributed by atoms with van der Waals surface area (Å²) in [6.07, 6.45) is 0. The normalized spacial score (nSPS) is 11.2. The molecule has 0 bridgehead atoms. The zero-order chi connectivity index (χ0) is 20.0. The van der Waals surface area contributed by atoms with Crippen LogP contribution in [0.4, 0.5) is 0 Å². The molecule has 0 aliphatic heterocycles. The van der Waals surface area contributed by atoms with E-state index in [-0.39, 0.29) is 0 Å². The van der Waals surface area contributed by atoms with Crippen LogP contribution in [-0.2, 0) is 0 Å². The molecule has 4 nitrogen and oxygen atoms in total. The molecule has 3 aromatic carbocycles. The molecule has 2 aromatic heterocycles. The van der Waals surface area contributed by atoms with Crippen LogP contribution in [0.2, 0.25) is 0 Å². The van der Waals surface area contributed by atoms with E-state index in [0.29, 0.717) is 22.3 Å². The smallest absolute Gasteiger partial charge is 0.344 e. The summed E-state index contributed by atoms with van der Waals surface area (Å²) in [5.74, 6) is 0. The van der Waals surface area contributed by atoms with Gasteiger partial charge < -0.3 is 8.83 Å². The van der Waals surface area contributed by atoms with E-state index in [2.05, 4.69) is 15.9 Å². The van der Waals surface area contributed by atoms with E-state index in [9.17, 15) is 9.59 Å². The Bertz CT molecular complexity index is 1500. The van der Waals surface area contributed by atoms with Gasteiger partial charge in [-0.1, -0.05) is 52.3 Å².